The fourth-order valence-electron chi connectivity index (χ4n) is 2.76. The number of carbonyl (C=O) groups is 2. The molecule has 3 N–H and O–H groups in total. The third kappa shape index (κ3) is 3.45. The molecule has 1 aliphatic heterocycles. The molecule has 1 saturated heterocycles. The van der Waals surface area contributed by atoms with Crippen molar-refractivity contribution in [2.45, 2.75) is 31.5 Å². The summed E-state index contributed by atoms with van der Waals surface area (Å²) in [5.41, 5.74) is 4.76. The number of rotatable bonds is 5. The van der Waals surface area contributed by atoms with E-state index in [4.69, 9.17) is 5.73 Å². The number of benzene rings is 1. The lowest BCUT2D eigenvalue weighted by Crippen LogP contribution is -2.50. The molecule has 1 aliphatic rings. The smallest absolute Gasteiger partial charge is 0.250 e. The lowest BCUT2D eigenvalue weighted by Gasteiger charge is -2.28. The Kier molecular flexibility index (Phi) is 4.83. The van der Waals surface area contributed by atoms with E-state index in [2.05, 4.69) is 0 Å². The molecule has 2 amide bonds. The monoisotopic (exact) mass is 305 g/mol. The van der Waals surface area contributed by atoms with Gasteiger partial charge in [0.25, 0.3) is 5.91 Å². The first-order valence-electron chi connectivity index (χ1n) is 7.39. The van der Waals surface area contributed by atoms with Crippen molar-refractivity contribution in [2.75, 3.05) is 20.1 Å². The van der Waals surface area contributed by atoms with Crippen molar-refractivity contribution in [1.29, 1.82) is 0 Å². The van der Waals surface area contributed by atoms with Gasteiger partial charge in [-0.25, -0.2) is 0 Å². The number of hydrogen-bond donors (Lipinski definition) is 2. The highest BCUT2D eigenvalue weighted by Gasteiger charge is 2.44. The van der Waals surface area contributed by atoms with Gasteiger partial charge >= 0.3 is 0 Å². The predicted molar refractivity (Wildman–Crippen MR) is 82.7 cm³/mol. The Morgan fingerprint density at radius 3 is 2.59 bits per heavy atom. The molecule has 120 valence electrons. The second kappa shape index (κ2) is 6.46. The number of nitrogens with two attached hydrogens (primary N) is 1. The molecule has 2 rings (SSSR count). The molecule has 22 heavy (non-hydrogen) atoms. The Bertz CT molecular complexity index is 549. The standard InChI is InChI=1S/C16H23N3O3/c1-12(19-9-8-16(22,11-19)15(17)21)14(20)18(2)10-13-6-4-3-5-7-13/h3-7,12,22H,8-11H2,1-2H3,(H2,17,21)/t12-,16+/m1/s1. The van der Waals surface area contributed by atoms with Crippen LogP contribution in [0.4, 0.5) is 0 Å². The van der Waals surface area contributed by atoms with Gasteiger partial charge < -0.3 is 15.7 Å². The average molecular weight is 305 g/mol. The molecule has 1 aromatic carbocycles. The van der Waals surface area contributed by atoms with Gasteiger partial charge in [0.1, 0.15) is 0 Å². The van der Waals surface area contributed by atoms with Crippen molar-refractivity contribution in [2.24, 2.45) is 5.73 Å². The van der Waals surface area contributed by atoms with Crippen molar-refractivity contribution in [3.63, 3.8) is 0 Å². The molecule has 2 atom stereocenters. The topological polar surface area (TPSA) is 86.9 Å². The van der Waals surface area contributed by atoms with Crippen molar-refractivity contribution in [1.82, 2.24) is 9.80 Å². The van der Waals surface area contributed by atoms with Crippen LogP contribution in [-0.2, 0) is 16.1 Å². The van der Waals surface area contributed by atoms with Crippen LogP contribution < -0.4 is 5.73 Å². The maximum absolute atomic E-state index is 12.5. The molecule has 1 aromatic rings. The lowest BCUT2D eigenvalue weighted by molar-refractivity contribution is -0.138. The number of likely N-dealkylation sites (N-methyl/N-ethyl adjacent to an activating group) is 1. The zero-order valence-corrected chi connectivity index (χ0v) is 13.0. The van der Waals surface area contributed by atoms with Crippen molar-refractivity contribution >= 4 is 11.8 Å². The number of likely N-dealkylation sites (tertiary alicyclic amines) is 1. The van der Waals surface area contributed by atoms with Crippen LogP contribution in [0.1, 0.15) is 18.9 Å². The minimum atomic E-state index is -1.52. The van der Waals surface area contributed by atoms with E-state index in [0.29, 0.717) is 13.1 Å². The number of aliphatic hydroxyl groups is 1. The highest BCUT2D eigenvalue weighted by molar-refractivity contribution is 5.85. The van der Waals surface area contributed by atoms with Crippen molar-refractivity contribution in [3.05, 3.63) is 35.9 Å². The van der Waals surface area contributed by atoms with E-state index in [1.54, 1.807) is 23.8 Å². The fourth-order valence-corrected chi connectivity index (χ4v) is 2.76. The number of amides is 2. The van der Waals surface area contributed by atoms with E-state index in [-0.39, 0.29) is 18.9 Å². The SMILES string of the molecule is C[C@H](C(=O)N(C)Cc1ccccc1)N1CC[C@@](O)(C(N)=O)C1. The van der Waals surface area contributed by atoms with Gasteiger partial charge in [-0.2, -0.15) is 0 Å². The van der Waals surface area contributed by atoms with E-state index >= 15 is 0 Å². The number of nitrogens with zero attached hydrogens (tertiary/aromatic N) is 2. The normalized spacial score (nSPS) is 23.2. The van der Waals surface area contributed by atoms with Crippen LogP contribution in [0.25, 0.3) is 0 Å². The predicted octanol–water partition coefficient (Wildman–Crippen LogP) is -0.0444. The summed E-state index contributed by atoms with van der Waals surface area (Å²) in [6, 6.07) is 9.34. The number of primary amides is 1. The summed E-state index contributed by atoms with van der Waals surface area (Å²) in [4.78, 5) is 27.2. The van der Waals surface area contributed by atoms with Crippen molar-refractivity contribution < 1.29 is 14.7 Å². The zero-order chi connectivity index (χ0) is 16.3. The summed E-state index contributed by atoms with van der Waals surface area (Å²) in [6.07, 6.45) is 0.266. The first-order chi connectivity index (χ1) is 10.3. The number of β-amino-alcohol motifs (C(OH)–C–C–N with tert-alkyl or cyclic N) is 1. The minimum absolute atomic E-state index is 0.0439. The van der Waals surface area contributed by atoms with Gasteiger partial charge in [0.2, 0.25) is 5.91 Å². The average Bonchev–Trinajstić information content (AvgIpc) is 2.90. The summed E-state index contributed by atoms with van der Waals surface area (Å²) < 4.78 is 0. The molecule has 0 spiro atoms. The van der Waals surface area contributed by atoms with E-state index in [1.165, 1.54) is 0 Å². The zero-order valence-electron chi connectivity index (χ0n) is 13.0. The highest BCUT2D eigenvalue weighted by Crippen LogP contribution is 2.23. The first-order valence-corrected chi connectivity index (χ1v) is 7.39. The van der Waals surface area contributed by atoms with Gasteiger partial charge in [0, 0.05) is 26.7 Å². The Balaban J connectivity index is 1.96. The van der Waals surface area contributed by atoms with Gasteiger partial charge in [-0.3, -0.25) is 14.5 Å². The van der Waals surface area contributed by atoms with Gasteiger partial charge in [-0.05, 0) is 18.9 Å². The Hall–Kier alpha value is -1.92. The van der Waals surface area contributed by atoms with Crippen LogP contribution in [0.2, 0.25) is 0 Å². The Morgan fingerprint density at radius 1 is 1.41 bits per heavy atom. The molecule has 6 heteroatoms. The molecule has 6 nitrogen and oxygen atoms in total. The van der Waals surface area contributed by atoms with Gasteiger partial charge in [-0.15, -0.1) is 0 Å². The van der Waals surface area contributed by atoms with Crippen LogP contribution in [-0.4, -0.2) is 58.5 Å². The molecular weight excluding hydrogens is 282 g/mol. The van der Waals surface area contributed by atoms with Crippen LogP contribution in [0.15, 0.2) is 30.3 Å². The third-order valence-electron chi connectivity index (χ3n) is 4.28. The molecule has 0 bridgehead atoms. The summed E-state index contributed by atoms with van der Waals surface area (Å²) in [7, 11) is 1.75. The lowest BCUT2D eigenvalue weighted by atomic mass is 10.0. The molecule has 0 saturated carbocycles. The van der Waals surface area contributed by atoms with E-state index in [9.17, 15) is 14.7 Å². The Morgan fingerprint density at radius 2 is 2.05 bits per heavy atom. The van der Waals surface area contributed by atoms with Crippen molar-refractivity contribution in [3.8, 4) is 0 Å². The largest absolute Gasteiger partial charge is 0.379 e. The van der Waals surface area contributed by atoms with Crippen LogP contribution >= 0.6 is 0 Å². The summed E-state index contributed by atoms with van der Waals surface area (Å²) in [6.45, 7) is 2.90. The summed E-state index contributed by atoms with van der Waals surface area (Å²) >= 11 is 0. The molecular formula is C16H23N3O3. The molecule has 0 unspecified atom stereocenters. The number of hydrogen-bond acceptors (Lipinski definition) is 4. The molecule has 0 aromatic heterocycles. The maximum atomic E-state index is 12.5. The van der Waals surface area contributed by atoms with Crippen LogP contribution in [0.3, 0.4) is 0 Å². The number of carbonyl (C=O) groups excluding carboxylic acids is 2. The van der Waals surface area contributed by atoms with Gasteiger partial charge in [-0.1, -0.05) is 30.3 Å². The molecule has 0 radical (unpaired) electrons. The van der Waals surface area contributed by atoms with E-state index in [0.717, 1.165) is 5.56 Å². The van der Waals surface area contributed by atoms with Crippen LogP contribution in [0, 0.1) is 0 Å². The quantitative estimate of drug-likeness (QED) is 0.799. The van der Waals surface area contributed by atoms with E-state index < -0.39 is 17.6 Å². The van der Waals surface area contributed by atoms with Gasteiger partial charge in [0.05, 0.1) is 6.04 Å². The molecule has 0 aliphatic carbocycles. The second-order valence-electron chi connectivity index (χ2n) is 5.97. The van der Waals surface area contributed by atoms with Crippen LogP contribution in [0.5, 0.6) is 0 Å². The summed E-state index contributed by atoms with van der Waals surface area (Å²) in [5.74, 6) is -0.773. The molecule has 1 heterocycles. The first kappa shape index (κ1) is 16.5. The van der Waals surface area contributed by atoms with Gasteiger partial charge in [0.15, 0.2) is 5.60 Å². The maximum Gasteiger partial charge on any atom is 0.250 e. The third-order valence-corrected chi connectivity index (χ3v) is 4.28. The minimum Gasteiger partial charge on any atom is -0.379 e. The summed E-state index contributed by atoms with van der Waals surface area (Å²) in [5, 5.41) is 10.1. The van der Waals surface area contributed by atoms with E-state index in [1.807, 2.05) is 30.3 Å². The molecule has 1 fully saturated rings. The fraction of sp³-hybridized carbons (Fsp3) is 0.500. The second-order valence-corrected chi connectivity index (χ2v) is 5.97. The highest BCUT2D eigenvalue weighted by atomic mass is 16.3. The Labute approximate surface area is 130 Å².